The van der Waals surface area contributed by atoms with Gasteiger partial charge in [0, 0.05) is 37.3 Å². The molecule has 3 atom stereocenters. The SMILES string of the molecule is CN[C@@H](C)C(=O)C[C@@H](Cc1ccccc1)C(=O)N1CCC[C@H]1c1cccc(N(C)c2ccccc2)c1. The number of rotatable bonds is 10. The molecule has 1 aliphatic rings. The van der Waals surface area contributed by atoms with E-state index < -0.39 is 0 Å². The number of anilines is 2. The van der Waals surface area contributed by atoms with Gasteiger partial charge >= 0.3 is 0 Å². The molecule has 0 aliphatic carbocycles. The minimum absolute atomic E-state index is 0.0247. The number of Topliss-reactive ketones (excluding diaryl/α,β-unsaturated/α-hetero) is 1. The van der Waals surface area contributed by atoms with Gasteiger partial charge in [-0.25, -0.2) is 0 Å². The molecule has 3 aromatic rings. The van der Waals surface area contributed by atoms with E-state index in [2.05, 4.69) is 53.7 Å². The van der Waals surface area contributed by atoms with E-state index in [1.165, 1.54) is 0 Å². The topological polar surface area (TPSA) is 52.7 Å². The molecule has 0 bridgehead atoms. The Hall–Kier alpha value is -3.44. The summed E-state index contributed by atoms with van der Waals surface area (Å²) in [5.41, 5.74) is 4.45. The highest BCUT2D eigenvalue weighted by atomic mass is 16.2. The number of nitrogens with one attached hydrogen (secondary N) is 1. The van der Waals surface area contributed by atoms with Crippen LogP contribution < -0.4 is 10.2 Å². The fourth-order valence-corrected chi connectivity index (χ4v) is 5.08. The van der Waals surface area contributed by atoms with Crippen LogP contribution in [0.3, 0.4) is 0 Å². The Morgan fingerprint density at radius 3 is 2.33 bits per heavy atom. The lowest BCUT2D eigenvalue weighted by Gasteiger charge is -2.30. The summed E-state index contributed by atoms with van der Waals surface area (Å²) in [6.45, 7) is 2.59. The molecule has 188 valence electrons. The van der Waals surface area contributed by atoms with Gasteiger partial charge < -0.3 is 15.1 Å². The third-order valence-corrected chi connectivity index (χ3v) is 7.36. The number of amides is 1. The Labute approximate surface area is 215 Å². The maximum Gasteiger partial charge on any atom is 0.226 e. The van der Waals surface area contributed by atoms with Crippen molar-refractivity contribution in [3.8, 4) is 0 Å². The summed E-state index contributed by atoms with van der Waals surface area (Å²) < 4.78 is 0. The molecule has 1 amide bonds. The van der Waals surface area contributed by atoms with E-state index >= 15 is 0 Å². The number of ketones is 1. The van der Waals surface area contributed by atoms with Gasteiger partial charge in [-0.3, -0.25) is 9.59 Å². The molecule has 1 heterocycles. The van der Waals surface area contributed by atoms with E-state index in [1.807, 2.05) is 60.4 Å². The average molecular weight is 484 g/mol. The molecular formula is C31H37N3O2. The van der Waals surface area contributed by atoms with Crippen molar-refractivity contribution in [1.82, 2.24) is 10.2 Å². The van der Waals surface area contributed by atoms with Crippen molar-refractivity contribution in [3.63, 3.8) is 0 Å². The molecule has 5 heteroatoms. The van der Waals surface area contributed by atoms with Crippen molar-refractivity contribution >= 4 is 23.1 Å². The Balaban J connectivity index is 1.57. The van der Waals surface area contributed by atoms with Crippen LogP contribution in [0.15, 0.2) is 84.9 Å². The van der Waals surface area contributed by atoms with E-state index in [4.69, 9.17) is 0 Å². The molecule has 36 heavy (non-hydrogen) atoms. The molecule has 0 saturated carbocycles. The third-order valence-electron chi connectivity index (χ3n) is 7.36. The minimum Gasteiger partial charge on any atom is -0.345 e. The van der Waals surface area contributed by atoms with Gasteiger partial charge in [-0.1, -0.05) is 60.7 Å². The van der Waals surface area contributed by atoms with Crippen LogP contribution in [0.1, 0.15) is 43.4 Å². The highest BCUT2D eigenvalue weighted by Crippen LogP contribution is 2.36. The number of hydrogen-bond donors (Lipinski definition) is 1. The van der Waals surface area contributed by atoms with Gasteiger partial charge in [0.15, 0.2) is 0 Å². The van der Waals surface area contributed by atoms with Gasteiger partial charge in [-0.2, -0.15) is 0 Å². The van der Waals surface area contributed by atoms with Crippen LogP contribution in [0.25, 0.3) is 0 Å². The smallest absolute Gasteiger partial charge is 0.226 e. The Morgan fingerprint density at radius 1 is 0.972 bits per heavy atom. The van der Waals surface area contributed by atoms with Crippen molar-refractivity contribution in [1.29, 1.82) is 0 Å². The minimum atomic E-state index is -0.369. The van der Waals surface area contributed by atoms with Crippen molar-refractivity contribution in [2.75, 3.05) is 25.5 Å². The zero-order valence-corrected chi connectivity index (χ0v) is 21.6. The molecule has 0 radical (unpaired) electrons. The summed E-state index contributed by atoms with van der Waals surface area (Å²) >= 11 is 0. The van der Waals surface area contributed by atoms with E-state index in [-0.39, 0.29) is 36.1 Å². The molecule has 0 unspecified atom stereocenters. The summed E-state index contributed by atoms with van der Waals surface area (Å²) in [6.07, 6.45) is 2.72. The Morgan fingerprint density at radius 2 is 1.64 bits per heavy atom. The first kappa shape index (κ1) is 25.6. The van der Waals surface area contributed by atoms with Crippen molar-refractivity contribution in [2.24, 2.45) is 5.92 Å². The van der Waals surface area contributed by atoms with E-state index in [0.717, 1.165) is 41.9 Å². The molecule has 0 aromatic heterocycles. The van der Waals surface area contributed by atoms with Gasteiger partial charge in [0.1, 0.15) is 5.78 Å². The predicted molar refractivity (Wildman–Crippen MR) is 146 cm³/mol. The lowest BCUT2D eigenvalue weighted by molar-refractivity contribution is -0.139. The second kappa shape index (κ2) is 12.0. The van der Waals surface area contributed by atoms with E-state index in [0.29, 0.717) is 6.42 Å². The number of benzene rings is 3. The van der Waals surface area contributed by atoms with Crippen LogP contribution in [-0.2, 0) is 16.0 Å². The zero-order valence-electron chi connectivity index (χ0n) is 21.6. The van der Waals surface area contributed by atoms with Gasteiger partial charge in [-0.05, 0) is 68.6 Å². The number of para-hydroxylation sites is 1. The molecule has 1 saturated heterocycles. The number of carbonyl (C=O) groups is 2. The fraction of sp³-hybridized carbons (Fsp3) is 0.355. The molecule has 1 fully saturated rings. The Bertz CT molecular complexity index is 1150. The Kier molecular flexibility index (Phi) is 8.55. The molecule has 0 spiro atoms. The monoisotopic (exact) mass is 483 g/mol. The first-order valence-corrected chi connectivity index (χ1v) is 12.9. The van der Waals surface area contributed by atoms with Crippen LogP contribution in [0.4, 0.5) is 11.4 Å². The van der Waals surface area contributed by atoms with E-state index in [9.17, 15) is 9.59 Å². The highest BCUT2D eigenvalue weighted by Gasteiger charge is 2.35. The average Bonchev–Trinajstić information content (AvgIpc) is 3.42. The second-order valence-electron chi connectivity index (χ2n) is 9.75. The molecule has 1 N–H and O–H groups in total. The molecule has 3 aromatic carbocycles. The van der Waals surface area contributed by atoms with Crippen LogP contribution in [0.5, 0.6) is 0 Å². The third kappa shape index (κ3) is 6.03. The lowest BCUT2D eigenvalue weighted by Crippen LogP contribution is -2.40. The number of nitrogens with zero attached hydrogens (tertiary/aromatic N) is 2. The second-order valence-corrected chi connectivity index (χ2v) is 9.75. The number of hydrogen-bond acceptors (Lipinski definition) is 4. The normalized spacial score (nSPS) is 17.0. The van der Waals surface area contributed by atoms with Crippen LogP contribution in [0.2, 0.25) is 0 Å². The summed E-state index contributed by atoms with van der Waals surface area (Å²) in [7, 11) is 3.85. The fourth-order valence-electron chi connectivity index (χ4n) is 5.08. The maximum absolute atomic E-state index is 14.0. The number of likely N-dealkylation sites (N-methyl/N-ethyl adjacent to an activating group) is 1. The lowest BCUT2D eigenvalue weighted by atomic mass is 9.90. The van der Waals surface area contributed by atoms with Crippen LogP contribution in [0, 0.1) is 5.92 Å². The predicted octanol–water partition coefficient (Wildman–Crippen LogP) is 5.54. The van der Waals surface area contributed by atoms with Gasteiger partial charge in [0.2, 0.25) is 5.91 Å². The van der Waals surface area contributed by atoms with Gasteiger partial charge in [0.25, 0.3) is 0 Å². The van der Waals surface area contributed by atoms with Crippen LogP contribution >= 0.6 is 0 Å². The van der Waals surface area contributed by atoms with Gasteiger partial charge in [-0.15, -0.1) is 0 Å². The van der Waals surface area contributed by atoms with E-state index in [1.54, 1.807) is 7.05 Å². The largest absolute Gasteiger partial charge is 0.345 e. The standard InChI is InChI=1S/C31H37N3O2/c1-23(32-2)30(35)22-26(20-24-12-6-4-7-13-24)31(36)34-19-11-18-29(34)25-14-10-17-28(21-25)33(3)27-15-8-5-9-16-27/h4-10,12-17,21,23,26,29,32H,11,18-20,22H2,1-3H3/t23-,26+,29-/m0/s1. The van der Waals surface area contributed by atoms with Crippen molar-refractivity contribution < 1.29 is 9.59 Å². The first-order chi connectivity index (χ1) is 17.5. The number of carbonyl (C=O) groups excluding carboxylic acids is 2. The number of likely N-dealkylation sites (tertiary alicyclic amines) is 1. The van der Waals surface area contributed by atoms with Crippen molar-refractivity contribution in [2.45, 2.75) is 44.7 Å². The highest BCUT2D eigenvalue weighted by molar-refractivity contribution is 5.90. The molecular weight excluding hydrogens is 446 g/mol. The first-order valence-electron chi connectivity index (χ1n) is 12.9. The summed E-state index contributed by atoms with van der Waals surface area (Å²) in [6, 6.07) is 28.6. The van der Waals surface area contributed by atoms with Gasteiger partial charge in [0.05, 0.1) is 12.1 Å². The maximum atomic E-state index is 14.0. The zero-order chi connectivity index (χ0) is 25.5. The summed E-state index contributed by atoms with van der Waals surface area (Å²) in [4.78, 5) is 31.0. The van der Waals surface area contributed by atoms with Crippen molar-refractivity contribution in [3.05, 3.63) is 96.1 Å². The quantitative estimate of drug-likeness (QED) is 0.411. The molecule has 5 nitrogen and oxygen atoms in total. The summed E-state index contributed by atoms with van der Waals surface area (Å²) in [5, 5.41) is 3.03. The summed E-state index contributed by atoms with van der Waals surface area (Å²) in [5.74, 6) is -0.208. The molecule has 1 aliphatic heterocycles. The molecule has 4 rings (SSSR count). The van der Waals surface area contributed by atoms with Crippen LogP contribution in [-0.4, -0.2) is 43.3 Å².